The smallest absolute Gasteiger partial charge is 0.181 e. The highest BCUT2D eigenvalue weighted by atomic mass is 35.5. The number of aryl methyl sites for hydroxylation is 1. The number of hydrogen-bond acceptors (Lipinski definition) is 3. The molecule has 3 aromatic heterocycles. The summed E-state index contributed by atoms with van der Waals surface area (Å²) in [5, 5.41) is 3.10. The van der Waals surface area contributed by atoms with E-state index in [0.717, 1.165) is 39.4 Å². The fourth-order valence-corrected chi connectivity index (χ4v) is 3.93. The number of aromatic nitrogens is 3. The minimum absolute atomic E-state index is 0.673. The number of pyridine rings is 1. The third-order valence-corrected chi connectivity index (χ3v) is 5.07. The van der Waals surface area contributed by atoms with Gasteiger partial charge in [-0.2, -0.15) is 0 Å². The monoisotopic (exact) mass is 373 g/mol. The number of halogens is 1. The van der Waals surface area contributed by atoms with Gasteiger partial charge in [-0.05, 0) is 36.8 Å². The van der Waals surface area contributed by atoms with Crippen LogP contribution in [-0.4, -0.2) is 14.5 Å². The summed E-state index contributed by atoms with van der Waals surface area (Å²) >= 11 is 6.19. The molecular weight excluding hydrogens is 358 g/mol. The van der Waals surface area contributed by atoms with Gasteiger partial charge in [0.2, 0.25) is 0 Å². The number of rotatable bonds is 3. The average Bonchev–Trinajstić information content (AvgIpc) is 3.30. The number of oxazole rings is 1. The Morgan fingerprint density at radius 2 is 1.93 bits per heavy atom. The number of benzene rings is 2. The lowest BCUT2D eigenvalue weighted by atomic mass is 10.1. The maximum Gasteiger partial charge on any atom is 0.181 e. The van der Waals surface area contributed by atoms with E-state index in [2.05, 4.69) is 45.9 Å². The Kier molecular flexibility index (Phi) is 3.73. The molecule has 3 heterocycles. The van der Waals surface area contributed by atoms with Crippen LogP contribution < -0.4 is 0 Å². The van der Waals surface area contributed by atoms with Crippen molar-refractivity contribution >= 4 is 33.4 Å². The first-order valence-electron chi connectivity index (χ1n) is 8.72. The summed E-state index contributed by atoms with van der Waals surface area (Å²) < 4.78 is 7.76. The van der Waals surface area contributed by atoms with Gasteiger partial charge in [0.05, 0.1) is 17.4 Å². The fraction of sp³-hybridized carbons (Fsp3) is 0.0909. The van der Waals surface area contributed by atoms with Crippen LogP contribution in [0.3, 0.4) is 0 Å². The molecule has 0 spiro atoms. The molecule has 4 nitrogen and oxygen atoms in total. The van der Waals surface area contributed by atoms with Gasteiger partial charge in [-0.3, -0.25) is 0 Å². The largest absolute Gasteiger partial charge is 0.442 e. The molecule has 27 heavy (non-hydrogen) atoms. The lowest BCUT2D eigenvalue weighted by molar-refractivity contribution is 0.570. The highest BCUT2D eigenvalue weighted by molar-refractivity contribution is 6.30. The van der Waals surface area contributed by atoms with E-state index < -0.39 is 0 Å². The minimum atomic E-state index is 0.673. The van der Waals surface area contributed by atoms with E-state index in [0.29, 0.717) is 5.76 Å². The van der Waals surface area contributed by atoms with Gasteiger partial charge < -0.3 is 8.98 Å². The maximum atomic E-state index is 6.19. The van der Waals surface area contributed by atoms with Gasteiger partial charge in [-0.25, -0.2) is 9.97 Å². The third-order valence-electron chi connectivity index (χ3n) is 4.84. The van der Waals surface area contributed by atoms with Gasteiger partial charge in [-0.1, -0.05) is 41.9 Å². The Morgan fingerprint density at radius 1 is 1.04 bits per heavy atom. The first-order chi connectivity index (χ1) is 13.2. The van der Waals surface area contributed by atoms with Gasteiger partial charge in [-0.15, -0.1) is 0 Å². The zero-order chi connectivity index (χ0) is 18.4. The molecule has 0 aliphatic rings. The molecule has 5 rings (SSSR count). The van der Waals surface area contributed by atoms with E-state index in [1.807, 2.05) is 25.1 Å². The Labute approximate surface area is 161 Å². The topological polar surface area (TPSA) is 43.9 Å². The molecule has 0 aliphatic carbocycles. The molecule has 0 saturated carbocycles. The molecule has 0 N–H and O–H groups in total. The highest BCUT2D eigenvalue weighted by Crippen LogP contribution is 2.34. The summed E-state index contributed by atoms with van der Waals surface area (Å²) in [6, 6.07) is 18.5. The van der Waals surface area contributed by atoms with Crippen LogP contribution in [0.4, 0.5) is 0 Å². The van der Waals surface area contributed by atoms with E-state index in [1.54, 1.807) is 6.20 Å². The number of nitrogens with zero attached hydrogens (tertiary/aromatic N) is 3. The average molecular weight is 374 g/mol. The molecule has 0 saturated heterocycles. The molecule has 132 valence electrons. The zero-order valence-corrected chi connectivity index (χ0v) is 15.4. The second-order valence-corrected chi connectivity index (χ2v) is 7.02. The number of para-hydroxylation sites is 1. The fourth-order valence-electron chi connectivity index (χ4n) is 3.72. The summed E-state index contributed by atoms with van der Waals surface area (Å²) in [4.78, 5) is 8.79. The second kappa shape index (κ2) is 6.25. The molecule has 5 heteroatoms. The van der Waals surface area contributed by atoms with E-state index in [-0.39, 0.29) is 0 Å². The summed E-state index contributed by atoms with van der Waals surface area (Å²) in [5.41, 5.74) is 5.20. The van der Waals surface area contributed by atoms with Crippen molar-refractivity contribution in [1.82, 2.24) is 14.5 Å². The van der Waals surface area contributed by atoms with Crippen molar-refractivity contribution in [2.75, 3.05) is 0 Å². The highest BCUT2D eigenvalue weighted by Gasteiger charge is 2.16. The Bertz CT molecular complexity index is 1270. The molecule has 0 radical (unpaired) electrons. The van der Waals surface area contributed by atoms with Crippen LogP contribution in [0.25, 0.3) is 33.3 Å². The predicted molar refractivity (Wildman–Crippen MR) is 108 cm³/mol. The Morgan fingerprint density at radius 3 is 2.74 bits per heavy atom. The van der Waals surface area contributed by atoms with Crippen LogP contribution in [0.1, 0.15) is 11.3 Å². The molecular formula is C22H16ClN3O. The molecule has 0 amide bonds. The third kappa shape index (κ3) is 2.69. The van der Waals surface area contributed by atoms with E-state index in [1.165, 1.54) is 17.3 Å². The first kappa shape index (κ1) is 16.1. The normalized spacial score (nSPS) is 11.5. The maximum absolute atomic E-state index is 6.19. The molecule has 2 aromatic carbocycles. The Balaban J connectivity index is 1.79. The van der Waals surface area contributed by atoms with Crippen LogP contribution in [0, 0.1) is 6.92 Å². The van der Waals surface area contributed by atoms with Crippen LogP contribution in [0.5, 0.6) is 0 Å². The van der Waals surface area contributed by atoms with Crippen molar-refractivity contribution in [3.05, 3.63) is 83.5 Å². The minimum Gasteiger partial charge on any atom is -0.442 e. The second-order valence-electron chi connectivity index (χ2n) is 6.59. The molecule has 5 aromatic rings. The molecule has 0 atom stereocenters. The molecule has 0 unspecified atom stereocenters. The van der Waals surface area contributed by atoms with Gasteiger partial charge >= 0.3 is 0 Å². The predicted octanol–water partition coefficient (Wildman–Crippen LogP) is 5.85. The van der Waals surface area contributed by atoms with Gasteiger partial charge in [0.15, 0.2) is 12.2 Å². The summed E-state index contributed by atoms with van der Waals surface area (Å²) in [7, 11) is 0. The lowest BCUT2D eigenvalue weighted by Crippen LogP contribution is -2.01. The summed E-state index contributed by atoms with van der Waals surface area (Å²) in [5.74, 6) is 0.673. The Hall–Kier alpha value is -3.11. The van der Waals surface area contributed by atoms with Gasteiger partial charge in [0, 0.05) is 27.9 Å². The standard InChI is InChI=1S/C22H16ClN3O/c1-14-22-18(10-19(25-14)21-11-24-13-27-21)17-7-2-3-8-20(17)26(22)12-15-5-4-6-16(23)9-15/h2-11,13H,12H2,1H3. The SMILES string of the molecule is Cc1nc(-c2cnco2)cc2c3ccccc3n(Cc3cccc(Cl)c3)c12. The van der Waals surface area contributed by atoms with Crippen LogP contribution >= 0.6 is 11.6 Å². The van der Waals surface area contributed by atoms with Crippen LogP contribution in [0.15, 0.2) is 71.6 Å². The van der Waals surface area contributed by atoms with Crippen molar-refractivity contribution in [2.24, 2.45) is 0 Å². The van der Waals surface area contributed by atoms with E-state index in [4.69, 9.17) is 21.0 Å². The van der Waals surface area contributed by atoms with Gasteiger partial charge in [0.25, 0.3) is 0 Å². The van der Waals surface area contributed by atoms with Crippen molar-refractivity contribution in [1.29, 1.82) is 0 Å². The van der Waals surface area contributed by atoms with Crippen molar-refractivity contribution in [3.63, 3.8) is 0 Å². The number of fused-ring (bicyclic) bond motifs is 3. The van der Waals surface area contributed by atoms with Crippen LogP contribution in [-0.2, 0) is 6.54 Å². The van der Waals surface area contributed by atoms with E-state index in [9.17, 15) is 0 Å². The molecule has 0 bridgehead atoms. The summed E-state index contributed by atoms with van der Waals surface area (Å²) in [6.45, 7) is 2.77. The first-order valence-corrected chi connectivity index (χ1v) is 9.10. The number of hydrogen-bond donors (Lipinski definition) is 0. The van der Waals surface area contributed by atoms with Crippen LogP contribution in [0.2, 0.25) is 5.02 Å². The van der Waals surface area contributed by atoms with Gasteiger partial charge in [0.1, 0.15) is 5.69 Å². The molecule has 0 aliphatic heterocycles. The zero-order valence-electron chi connectivity index (χ0n) is 14.7. The van der Waals surface area contributed by atoms with Crippen molar-refractivity contribution in [2.45, 2.75) is 13.5 Å². The summed E-state index contributed by atoms with van der Waals surface area (Å²) in [6.07, 6.45) is 3.12. The van der Waals surface area contributed by atoms with E-state index >= 15 is 0 Å². The quantitative estimate of drug-likeness (QED) is 0.398. The van der Waals surface area contributed by atoms with Crippen molar-refractivity contribution in [3.8, 4) is 11.5 Å². The lowest BCUT2D eigenvalue weighted by Gasteiger charge is -2.10. The molecule has 0 fully saturated rings. The van der Waals surface area contributed by atoms with Crippen molar-refractivity contribution < 1.29 is 4.42 Å².